The van der Waals surface area contributed by atoms with Crippen LogP contribution in [0.1, 0.15) is 54.9 Å². The van der Waals surface area contributed by atoms with Crippen molar-refractivity contribution in [1.29, 1.82) is 0 Å². The highest BCUT2D eigenvalue weighted by atomic mass is 16.4. The zero-order valence-electron chi connectivity index (χ0n) is 12.8. The van der Waals surface area contributed by atoms with E-state index in [1.807, 2.05) is 6.92 Å². The quantitative estimate of drug-likeness (QED) is 0.874. The van der Waals surface area contributed by atoms with Gasteiger partial charge in [0.05, 0.1) is 5.92 Å². The highest BCUT2D eigenvalue weighted by molar-refractivity contribution is 6.02. The van der Waals surface area contributed by atoms with Gasteiger partial charge in [0.15, 0.2) is 5.78 Å². The number of carbonyl (C=O) groups excluding carboxylic acids is 2. The first-order valence-corrected chi connectivity index (χ1v) is 7.61. The number of fused-ring (bicyclic) bond motifs is 1. The van der Waals surface area contributed by atoms with Crippen molar-refractivity contribution in [2.75, 3.05) is 0 Å². The fourth-order valence-corrected chi connectivity index (χ4v) is 2.83. The molecule has 3 atom stereocenters. The summed E-state index contributed by atoms with van der Waals surface area (Å²) in [4.78, 5) is 35.8. The molecule has 1 aliphatic carbocycles. The highest BCUT2D eigenvalue weighted by Crippen LogP contribution is 2.31. The normalized spacial score (nSPS) is 19.9. The molecule has 0 aliphatic heterocycles. The predicted octanol–water partition coefficient (Wildman–Crippen LogP) is 2.36. The lowest BCUT2D eigenvalue weighted by Crippen LogP contribution is -2.47. The van der Waals surface area contributed by atoms with Crippen molar-refractivity contribution in [3.8, 4) is 0 Å². The Kier molecular flexibility index (Phi) is 4.96. The highest BCUT2D eigenvalue weighted by Gasteiger charge is 2.33. The number of Topliss-reactive ketones (excluding diaryl/α,β-unsaturated/α-hetero) is 1. The number of hydrogen-bond acceptors (Lipinski definition) is 3. The smallest absolute Gasteiger partial charge is 0.326 e. The molecule has 22 heavy (non-hydrogen) atoms. The van der Waals surface area contributed by atoms with Gasteiger partial charge in [-0.05, 0) is 17.9 Å². The van der Waals surface area contributed by atoms with Crippen molar-refractivity contribution in [3.63, 3.8) is 0 Å². The molecule has 1 aromatic rings. The van der Waals surface area contributed by atoms with Crippen LogP contribution in [-0.4, -0.2) is 28.8 Å². The van der Waals surface area contributed by atoms with E-state index in [1.165, 1.54) is 0 Å². The molecule has 1 unspecified atom stereocenters. The van der Waals surface area contributed by atoms with E-state index in [-0.39, 0.29) is 17.6 Å². The second-order valence-electron chi connectivity index (χ2n) is 5.81. The average Bonchev–Trinajstić information content (AvgIpc) is 2.52. The van der Waals surface area contributed by atoms with Crippen molar-refractivity contribution in [2.24, 2.45) is 5.92 Å². The molecular formula is C17H21NO4. The molecule has 0 saturated heterocycles. The van der Waals surface area contributed by atoms with E-state index >= 15 is 0 Å². The molecule has 0 aromatic heterocycles. The number of carbonyl (C=O) groups is 3. The van der Waals surface area contributed by atoms with Crippen molar-refractivity contribution in [1.82, 2.24) is 5.32 Å². The van der Waals surface area contributed by atoms with Gasteiger partial charge in [-0.25, -0.2) is 4.79 Å². The third-order valence-corrected chi connectivity index (χ3v) is 4.39. The van der Waals surface area contributed by atoms with E-state index in [1.54, 1.807) is 31.2 Å². The van der Waals surface area contributed by atoms with Gasteiger partial charge in [-0.1, -0.05) is 44.5 Å². The maximum absolute atomic E-state index is 12.5. The van der Waals surface area contributed by atoms with Crippen LogP contribution in [0.3, 0.4) is 0 Å². The largest absolute Gasteiger partial charge is 0.480 e. The number of carboxylic acids is 1. The van der Waals surface area contributed by atoms with Gasteiger partial charge < -0.3 is 10.4 Å². The maximum atomic E-state index is 12.5. The minimum atomic E-state index is -1.03. The first kappa shape index (κ1) is 16.2. The van der Waals surface area contributed by atoms with Gasteiger partial charge in [0.25, 0.3) is 0 Å². The monoisotopic (exact) mass is 303 g/mol. The molecule has 0 fully saturated rings. The number of aliphatic carboxylic acids is 1. The first-order valence-electron chi connectivity index (χ1n) is 7.61. The molecule has 0 bridgehead atoms. The number of nitrogens with one attached hydrogen (secondary N) is 1. The second-order valence-corrected chi connectivity index (χ2v) is 5.81. The van der Waals surface area contributed by atoms with E-state index in [0.29, 0.717) is 30.4 Å². The standard InChI is InChI=1S/C17H21NO4/c1-3-10(2)15(17(21)22)18-16(20)13-8-9-14(19)12-7-5-4-6-11(12)13/h4-7,10,13,15H,3,8-9H2,1-2H3,(H,18,20)(H,21,22)/t10-,13?,15-/m0/s1. The first-order chi connectivity index (χ1) is 10.5. The van der Waals surface area contributed by atoms with Crippen LogP contribution in [0.4, 0.5) is 0 Å². The summed E-state index contributed by atoms with van der Waals surface area (Å²) in [6, 6.07) is 6.16. The fraction of sp³-hybridized carbons (Fsp3) is 0.471. The molecule has 118 valence electrons. The summed E-state index contributed by atoms with van der Waals surface area (Å²) in [7, 11) is 0. The minimum Gasteiger partial charge on any atom is -0.480 e. The van der Waals surface area contributed by atoms with Crippen LogP contribution in [-0.2, 0) is 9.59 Å². The van der Waals surface area contributed by atoms with Crippen molar-refractivity contribution in [2.45, 2.75) is 45.1 Å². The SMILES string of the molecule is CC[C@H](C)[C@H](NC(=O)C1CCC(=O)c2ccccc21)C(=O)O. The zero-order chi connectivity index (χ0) is 16.3. The minimum absolute atomic E-state index is 0.0383. The lowest BCUT2D eigenvalue weighted by Gasteiger charge is -2.27. The third kappa shape index (κ3) is 3.18. The molecule has 5 nitrogen and oxygen atoms in total. The van der Waals surface area contributed by atoms with Crippen LogP contribution in [0.25, 0.3) is 0 Å². The second kappa shape index (κ2) is 6.73. The Morgan fingerprint density at radius 3 is 2.68 bits per heavy atom. The Hall–Kier alpha value is -2.17. The van der Waals surface area contributed by atoms with Crippen LogP contribution in [0.15, 0.2) is 24.3 Å². The summed E-state index contributed by atoms with van der Waals surface area (Å²) in [6.07, 6.45) is 1.40. The van der Waals surface area contributed by atoms with E-state index < -0.39 is 17.9 Å². The van der Waals surface area contributed by atoms with Crippen LogP contribution < -0.4 is 5.32 Å². The maximum Gasteiger partial charge on any atom is 0.326 e. The van der Waals surface area contributed by atoms with Gasteiger partial charge >= 0.3 is 5.97 Å². The van der Waals surface area contributed by atoms with E-state index in [4.69, 9.17) is 0 Å². The van der Waals surface area contributed by atoms with Crippen molar-refractivity contribution in [3.05, 3.63) is 35.4 Å². The summed E-state index contributed by atoms with van der Waals surface area (Å²) in [5, 5.41) is 11.9. The average molecular weight is 303 g/mol. The topological polar surface area (TPSA) is 83.5 Å². The van der Waals surface area contributed by atoms with Gasteiger partial charge in [0.2, 0.25) is 5.91 Å². The molecule has 0 heterocycles. The Morgan fingerprint density at radius 2 is 2.05 bits per heavy atom. The Balaban J connectivity index is 2.22. The number of amides is 1. The number of carboxylic acid groups (broad SMARTS) is 1. The van der Waals surface area contributed by atoms with Gasteiger partial charge in [-0.3, -0.25) is 9.59 Å². The van der Waals surface area contributed by atoms with Gasteiger partial charge in [-0.15, -0.1) is 0 Å². The summed E-state index contributed by atoms with van der Waals surface area (Å²) < 4.78 is 0. The lowest BCUT2D eigenvalue weighted by atomic mass is 9.81. The zero-order valence-corrected chi connectivity index (χ0v) is 12.8. The van der Waals surface area contributed by atoms with E-state index in [9.17, 15) is 19.5 Å². The Labute approximate surface area is 129 Å². The number of hydrogen-bond donors (Lipinski definition) is 2. The van der Waals surface area contributed by atoms with E-state index in [0.717, 1.165) is 0 Å². The summed E-state index contributed by atoms with van der Waals surface area (Å²) in [5.74, 6) is -1.91. The lowest BCUT2D eigenvalue weighted by molar-refractivity contribution is -0.143. The number of benzene rings is 1. The van der Waals surface area contributed by atoms with Crippen LogP contribution in [0, 0.1) is 5.92 Å². The molecule has 0 spiro atoms. The van der Waals surface area contributed by atoms with Gasteiger partial charge in [0, 0.05) is 12.0 Å². The molecule has 2 N–H and O–H groups in total. The summed E-state index contributed by atoms with van der Waals surface area (Å²) >= 11 is 0. The molecule has 0 saturated carbocycles. The Morgan fingerprint density at radius 1 is 1.36 bits per heavy atom. The fourth-order valence-electron chi connectivity index (χ4n) is 2.83. The molecule has 1 amide bonds. The molecule has 1 aliphatic rings. The van der Waals surface area contributed by atoms with Gasteiger partial charge in [-0.2, -0.15) is 0 Å². The van der Waals surface area contributed by atoms with E-state index in [2.05, 4.69) is 5.32 Å². The van der Waals surface area contributed by atoms with Crippen LogP contribution in [0.2, 0.25) is 0 Å². The van der Waals surface area contributed by atoms with Crippen molar-refractivity contribution < 1.29 is 19.5 Å². The van der Waals surface area contributed by atoms with Crippen LogP contribution in [0.5, 0.6) is 0 Å². The molecule has 0 radical (unpaired) electrons. The molecule has 5 heteroatoms. The molecular weight excluding hydrogens is 282 g/mol. The summed E-state index contributed by atoms with van der Waals surface area (Å²) in [5.41, 5.74) is 1.27. The van der Waals surface area contributed by atoms with Gasteiger partial charge in [0.1, 0.15) is 6.04 Å². The summed E-state index contributed by atoms with van der Waals surface area (Å²) in [6.45, 7) is 3.69. The molecule has 1 aromatic carbocycles. The third-order valence-electron chi connectivity index (χ3n) is 4.39. The molecule has 2 rings (SSSR count). The Bertz CT molecular complexity index is 596. The number of ketones is 1. The van der Waals surface area contributed by atoms with Crippen LogP contribution >= 0.6 is 0 Å². The number of rotatable bonds is 5. The predicted molar refractivity (Wildman–Crippen MR) is 81.8 cm³/mol. The van der Waals surface area contributed by atoms with Crippen molar-refractivity contribution >= 4 is 17.7 Å².